The van der Waals surface area contributed by atoms with Gasteiger partial charge in [-0.05, 0) is 104 Å². The fraction of sp³-hybridized carbons (Fsp3) is 0.564. The van der Waals surface area contributed by atoms with Gasteiger partial charge in [-0.15, -0.1) is 9.36 Å². The molecule has 238 valence electrons. The maximum atomic E-state index is 12.5. The molecular weight excluding hydrogens is 620 g/mol. The normalized spacial score (nSPS) is 30.0. The lowest BCUT2D eigenvalue weighted by Crippen LogP contribution is -3.00. The summed E-state index contributed by atoms with van der Waals surface area (Å²) in [5.74, 6) is 3.73. The van der Waals surface area contributed by atoms with E-state index in [0.717, 1.165) is 42.7 Å². The lowest BCUT2D eigenvalue weighted by atomic mass is 9.48. The number of hydrogen-bond donors (Lipinski definition) is 1. The Bertz CT molecular complexity index is 1570. The van der Waals surface area contributed by atoms with E-state index in [4.69, 9.17) is 5.21 Å². The van der Waals surface area contributed by atoms with Gasteiger partial charge in [0.2, 0.25) is 5.91 Å². The number of hydrogen-bond acceptors (Lipinski definition) is 2. The van der Waals surface area contributed by atoms with Crippen molar-refractivity contribution in [2.75, 3.05) is 0 Å². The first kappa shape index (κ1) is 30.9. The van der Waals surface area contributed by atoms with Gasteiger partial charge in [-0.25, -0.2) is 0 Å². The third-order valence-electron chi connectivity index (χ3n) is 12.1. The highest BCUT2D eigenvalue weighted by molar-refractivity contribution is 5.87. The van der Waals surface area contributed by atoms with E-state index in [1.54, 1.807) is 5.56 Å². The van der Waals surface area contributed by atoms with E-state index in [2.05, 4.69) is 97.1 Å². The highest BCUT2D eigenvalue weighted by Crippen LogP contribution is 2.61. The van der Waals surface area contributed by atoms with Crippen molar-refractivity contribution in [3.8, 4) is 5.69 Å². The second kappa shape index (κ2) is 11.5. The molecule has 0 unspecified atom stereocenters. The van der Waals surface area contributed by atoms with Crippen LogP contribution in [0, 0.1) is 17.8 Å². The Morgan fingerprint density at radius 3 is 2.11 bits per heavy atom. The average Bonchev–Trinajstić information content (AvgIpc) is 3.70. The quantitative estimate of drug-likeness (QED) is 0.370. The molecule has 6 heteroatoms. The van der Waals surface area contributed by atoms with Gasteiger partial charge in [0.1, 0.15) is 6.54 Å². The molecule has 0 radical (unpaired) electrons. The molecule has 4 bridgehead atoms. The van der Waals surface area contributed by atoms with Crippen LogP contribution in [0.4, 0.5) is 0 Å². The van der Waals surface area contributed by atoms with Crippen molar-refractivity contribution in [1.29, 1.82) is 0 Å². The topological polar surface area (TPSA) is 50.8 Å². The Hall–Kier alpha value is -2.73. The second-order valence-corrected chi connectivity index (χ2v) is 15.8. The molecule has 1 N–H and O–H groups in total. The number of benzene rings is 2. The van der Waals surface area contributed by atoms with Crippen LogP contribution in [-0.2, 0) is 16.8 Å². The molecule has 2 aromatic carbocycles. The number of carbonyl (C=O) groups excluding carboxylic acids is 1. The number of amides is 1. The average molecular weight is 670 g/mol. The highest BCUT2D eigenvalue weighted by Gasteiger charge is 2.52. The zero-order valence-corrected chi connectivity index (χ0v) is 29.1. The molecule has 5 fully saturated rings. The lowest BCUT2D eigenvalue weighted by molar-refractivity contribution is -0.662. The van der Waals surface area contributed by atoms with E-state index >= 15 is 0 Å². The maximum Gasteiger partial charge on any atom is 0.220 e. The largest absolute Gasteiger partial charge is 1.00 e. The number of allylic oxidation sites excluding steroid dienone is 1. The summed E-state index contributed by atoms with van der Waals surface area (Å²) in [5.41, 5.74) is 9.42. The molecule has 1 saturated heterocycles. The molecule has 4 saturated carbocycles. The van der Waals surface area contributed by atoms with Crippen molar-refractivity contribution in [1.82, 2.24) is 15.2 Å². The lowest BCUT2D eigenvalue weighted by Gasteiger charge is -2.57. The minimum atomic E-state index is -0.270. The van der Waals surface area contributed by atoms with E-state index in [0.29, 0.717) is 30.2 Å². The zero-order valence-electron chi connectivity index (χ0n) is 27.5. The van der Waals surface area contributed by atoms with Gasteiger partial charge in [-0.1, -0.05) is 76.2 Å². The Morgan fingerprint density at radius 2 is 1.56 bits per heavy atom. The summed E-state index contributed by atoms with van der Waals surface area (Å²) in [7, 11) is 0. The molecular formula is C39H49BrN4O. The van der Waals surface area contributed by atoms with Crippen LogP contribution in [-0.4, -0.2) is 21.3 Å². The predicted octanol–water partition coefficient (Wildman–Crippen LogP) is 4.75. The molecule has 1 amide bonds. The standard InChI is InChI=1S/C39H48N4O.BrH/c1-25(2)32-18-31(38-20-28-15-29(21-38)17-30(16-28)22-38)19-33(26(3)4)37(32)43-24-35(42(41-43)23-27-9-6-5-7-10-27)34-11-8-13-39(34)14-12-36(44)40-39;/h5-7,9-11,18-19,24-26,28-30H,8,12-17,20-23H2,1-4H3;1H/t28?,29?,30?,38?,39-;/m0./s1. The Balaban J connectivity index is 0.00000325. The van der Waals surface area contributed by atoms with Crippen LogP contribution in [0.1, 0.15) is 132 Å². The Morgan fingerprint density at radius 1 is 0.933 bits per heavy atom. The number of aromatic nitrogens is 3. The van der Waals surface area contributed by atoms with Gasteiger partial charge < -0.3 is 22.3 Å². The van der Waals surface area contributed by atoms with Crippen molar-refractivity contribution in [3.63, 3.8) is 0 Å². The highest BCUT2D eigenvalue weighted by atomic mass is 79.9. The third kappa shape index (κ3) is 5.23. The summed E-state index contributed by atoms with van der Waals surface area (Å²) >= 11 is 0. The van der Waals surface area contributed by atoms with Crippen LogP contribution in [0.5, 0.6) is 0 Å². The second-order valence-electron chi connectivity index (χ2n) is 15.8. The van der Waals surface area contributed by atoms with E-state index in [1.807, 2.05) is 0 Å². The van der Waals surface area contributed by atoms with E-state index in [-0.39, 0.29) is 28.4 Å². The molecule has 2 heterocycles. The maximum absolute atomic E-state index is 12.5. The van der Waals surface area contributed by atoms with Gasteiger partial charge in [0.15, 0.2) is 17.6 Å². The molecule has 5 aliphatic carbocycles. The predicted molar refractivity (Wildman–Crippen MR) is 175 cm³/mol. The number of halogens is 1. The van der Waals surface area contributed by atoms with Crippen molar-refractivity contribution >= 4 is 11.5 Å². The molecule has 9 rings (SSSR count). The smallest absolute Gasteiger partial charge is 0.220 e. The van der Waals surface area contributed by atoms with Crippen molar-refractivity contribution in [2.24, 2.45) is 17.8 Å². The van der Waals surface area contributed by atoms with Crippen molar-refractivity contribution < 1.29 is 26.5 Å². The summed E-state index contributed by atoms with van der Waals surface area (Å²) in [6, 6.07) is 15.9. The molecule has 5 nitrogen and oxygen atoms in total. The molecule has 1 aliphatic heterocycles. The zero-order chi connectivity index (χ0) is 30.2. The molecule has 3 aromatic rings. The van der Waals surface area contributed by atoms with E-state index in [1.165, 1.54) is 66.5 Å². The van der Waals surface area contributed by atoms with Crippen LogP contribution in [0.3, 0.4) is 0 Å². The van der Waals surface area contributed by atoms with Gasteiger partial charge in [-0.3, -0.25) is 4.79 Å². The minimum absolute atomic E-state index is 0. The van der Waals surface area contributed by atoms with Crippen molar-refractivity contribution in [2.45, 2.75) is 121 Å². The molecule has 6 aliphatic rings. The first-order valence-electron chi connectivity index (χ1n) is 17.5. The van der Waals surface area contributed by atoms with Crippen LogP contribution in [0.25, 0.3) is 11.3 Å². The summed E-state index contributed by atoms with van der Waals surface area (Å²) in [6.07, 6.45) is 16.6. The molecule has 1 spiro atoms. The van der Waals surface area contributed by atoms with Crippen LogP contribution >= 0.6 is 0 Å². The number of nitrogens with one attached hydrogen (secondary N) is 1. The molecule has 1 aromatic heterocycles. The number of nitrogens with zero attached hydrogens (tertiary/aromatic N) is 3. The van der Waals surface area contributed by atoms with Crippen molar-refractivity contribution in [3.05, 3.63) is 82.7 Å². The van der Waals surface area contributed by atoms with Gasteiger partial charge in [-0.2, -0.15) is 0 Å². The number of rotatable bonds is 7. The molecule has 1 atom stereocenters. The van der Waals surface area contributed by atoms with Gasteiger partial charge in [0.05, 0.1) is 10.8 Å². The summed E-state index contributed by atoms with van der Waals surface area (Å²) in [6.45, 7) is 10.1. The van der Waals surface area contributed by atoms with Crippen LogP contribution in [0.2, 0.25) is 0 Å². The third-order valence-corrected chi connectivity index (χ3v) is 12.1. The first-order valence-corrected chi connectivity index (χ1v) is 17.5. The number of carbonyl (C=O) groups is 1. The van der Waals surface area contributed by atoms with Gasteiger partial charge in [0, 0.05) is 23.1 Å². The summed E-state index contributed by atoms with van der Waals surface area (Å²) in [5, 5.41) is 8.77. The fourth-order valence-corrected chi connectivity index (χ4v) is 10.4. The SMILES string of the molecule is CC(C)c1cc(C23CC4CC(CC(C4)C2)C3)cc(C(C)C)c1-[n+]1cc(C2=CCC[C@]23CCC(=O)N3)n(Cc2ccccc2)n1.[Br-]. The summed E-state index contributed by atoms with van der Waals surface area (Å²) < 4.78 is 4.40. The Kier molecular flexibility index (Phi) is 7.90. The van der Waals surface area contributed by atoms with E-state index < -0.39 is 0 Å². The van der Waals surface area contributed by atoms with Gasteiger partial charge >= 0.3 is 0 Å². The first-order chi connectivity index (χ1) is 21.2. The Labute approximate surface area is 279 Å². The fourth-order valence-electron chi connectivity index (χ4n) is 10.4. The van der Waals surface area contributed by atoms with Crippen LogP contribution < -0.4 is 27.0 Å². The van der Waals surface area contributed by atoms with Crippen LogP contribution in [0.15, 0.2) is 54.7 Å². The summed E-state index contributed by atoms with van der Waals surface area (Å²) in [4.78, 5) is 12.5. The van der Waals surface area contributed by atoms with Gasteiger partial charge in [0.25, 0.3) is 0 Å². The monoisotopic (exact) mass is 668 g/mol. The molecule has 45 heavy (non-hydrogen) atoms. The minimum Gasteiger partial charge on any atom is -1.00 e. The van der Waals surface area contributed by atoms with E-state index in [9.17, 15) is 4.79 Å².